The van der Waals surface area contributed by atoms with Gasteiger partial charge < -0.3 is 5.32 Å². The number of para-hydroxylation sites is 1. The third-order valence-electron chi connectivity index (χ3n) is 2.67. The van der Waals surface area contributed by atoms with Gasteiger partial charge in [-0.1, -0.05) is 44.7 Å². The smallest absolute Gasteiger partial charge is 0.161 e. The van der Waals surface area contributed by atoms with Gasteiger partial charge in [-0.2, -0.15) is 0 Å². The monoisotopic (exact) mass is 326 g/mol. The first-order chi connectivity index (χ1) is 8.44. The van der Waals surface area contributed by atoms with Crippen molar-refractivity contribution >= 4 is 38.5 Å². The fraction of sp³-hybridized carbons (Fsp3) is 0.500. The quantitative estimate of drug-likeness (QED) is 0.846. The van der Waals surface area contributed by atoms with E-state index in [4.69, 9.17) is 0 Å². The van der Waals surface area contributed by atoms with Crippen LogP contribution in [0.25, 0.3) is 0 Å². The van der Waals surface area contributed by atoms with E-state index in [-0.39, 0.29) is 0 Å². The molecule has 0 radical (unpaired) electrons. The maximum absolute atomic E-state index is 4.59. The molecule has 0 bridgehead atoms. The molecule has 0 spiro atoms. The first-order valence-corrected chi connectivity index (χ1v) is 7.84. The maximum atomic E-state index is 4.59. The van der Waals surface area contributed by atoms with E-state index in [2.05, 4.69) is 53.1 Å². The molecule has 1 N–H and O–H groups in total. The molecular weight excluding hydrogens is 308 g/mol. The van der Waals surface area contributed by atoms with Crippen molar-refractivity contribution in [2.75, 3.05) is 11.9 Å². The molecular formula is C14H19BrN2S. The van der Waals surface area contributed by atoms with E-state index in [0.717, 1.165) is 21.9 Å². The number of halogens is 1. The van der Waals surface area contributed by atoms with Crippen LogP contribution in [0, 0.1) is 5.41 Å². The van der Waals surface area contributed by atoms with Gasteiger partial charge in [0.25, 0.3) is 0 Å². The Morgan fingerprint density at radius 3 is 2.78 bits per heavy atom. The second-order valence-electron chi connectivity index (χ2n) is 5.76. The van der Waals surface area contributed by atoms with Crippen molar-refractivity contribution in [3.63, 3.8) is 0 Å². The van der Waals surface area contributed by atoms with E-state index >= 15 is 0 Å². The van der Waals surface area contributed by atoms with Crippen LogP contribution in [0.15, 0.2) is 33.7 Å². The van der Waals surface area contributed by atoms with Crippen molar-refractivity contribution in [2.24, 2.45) is 10.4 Å². The zero-order valence-electron chi connectivity index (χ0n) is 11.0. The highest BCUT2D eigenvalue weighted by Crippen LogP contribution is 2.33. The number of hydrogen-bond acceptors (Lipinski definition) is 3. The van der Waals surface area contributed by atoms with E-state index in [1.54, 1.807) is 0 Å². The summed E-state index contributed by atoms with van der Waals surface area (Å²) in [5.74, 6) is 0. The molecule has 1 aliphatic heterocycles. The first-order valence-electron chi connectivity index (χ1n) is 6.17. The third kappa shape index (κ3) is 4.02. The highest BCUT2D eigenvalue weighted by atomic mass is 79.9. The van der Waals surface area contributed by atoms with Crippen LogP contribution in [0.2, 0.25) is 0 Å². The fourth-order valence-electron chi connectivity index (χ4n) is 1.95. The summed E-state index contributed by atoms with van der Waals surface area (Å²) in [6.45, 7) is 7.78. The molecule has 0 fully saturated rings. The maximum Gasteiger partial charge on any atom is 0.161 e. The predicted molar refractivity (Wildman–Crippen MR) is 85.5 cm³/mol. The van der Waals surface area contributed by atoms with Gasteiger partial charge in [0.1, 0.15) is 0 Å². The predicted octanol–water partition coefficient (Wildman–Crippen LogP) is 4.77. The average molecular weight is 327 g/mol. The fourth-order valence-corrected chi connectivity index (χ4v) is 3.70. The minimum atomic E-state index is 0.371. The van der Waals surface area contributed by atoms with Gasteiger partial charge in [0.05, 0.1) is 12.2 Å². The number of amidine groups is 1. The van der Waals surface area contributed by atoms with Crippen molar-refractivity contribution in [1.29, 1.82) is 0 Å². The average Bonchev–Trinajstić information content (AvgIpc) is 2.66. The van der Waals surface area contributed by atoms with Gasteiger partial charge in [0.2, 0.25) is 0 Å². The number of hydrogen-bond donors (Lipinski definition) is 1. The normalized spacial score (nSPS) is 19.8. The summed E-state index contributed by atoms with van der Waals surface area (Å²) >= 11 is 5.40. The Morgan fingerprint density at radius 2 is 2.11 bits per heavy atom. The van der Waals surface area contributed by atoms with Gasteiger partial charge in [-0.15, -0.1) is 0 Å². The summed E-state index contributed by atoms with van der Waals surface area (Å²) in [4.78, 5) is 4.59. The Labute approximate surface area is 122 Å². The second-order valence-corrected chi connectivity index (χ2v) is 7.90. The molecule has 0 aromatic heterocycles. The lowest BCUT2D eigenvalue weighted by molar-refractivity contribution is 0.375. The molecule has 98 valence electrons. The topological polar surface area (TPSA) is 24.4 Å². The number of anilines is 1. The minimum Gasteiger partial charge on any atom is -0.334 e. The number of nitrogens with zero attached hydrogens (tertiary/aromatic N) is 1. The van der Waals surface area contributed by atoms with Gasteiger partial charge in [-0.25, -0.2) is 0 Å². The molecule has 2 rings (SSSR count). The van der Waals surface area contributed by atoms with E-state index in [0.29, 0.717) is 10.7 Å². The number of thioether (sulfide) groups is 1. The Bertz CT molecular complexity index is 451. The summed E-state index contributed by atoms with van der Waals surface area (Å²) in [6.07, 6.45) is 1.20. The highest BCUT2D eigenvalue weighted by molar-refractivity contribution is 9.10. The molecule has 0 saturated carbocycles. The highest BCUT2D eigenvalue weighted by Gasteiger charge is 2.25. The molecule has 1 aromatic carbocycles. The molecule has 1 heterocycles. The summed E-state index contributed by atoms with van der Waals surface area (Å²) in [5.41, 5.74) is 1.45. The summed E-state index contributed by atoms with van der Waals surface area (Å²) < 4.78 is 1.08. The van der Waals surface area contributed by atoms with Crippen LogP contribution in [-0.4, -0.2) is 17.0 Å². The van der Waals surface area contributed by atoms with Gasteiger partial charge >= 0.3 is 0 Å². The Balaban J connectivity index is 1.92. The molecule has 2 nitrogen and oxygen atoms in total. The summed E-state index contributed by atoms with van der Waals surface area (Å²) in [6, 6.07) is 8.14. The molecule has 4 heteroatoms. The summed E-state index contributed by atoms with van der Waals surface area (Å²) in [7, 11) is 0. The van der Waals surface area contributed by atoms with Gasteiger partial charge in [-0.05, 0) is 39.9 Å². The number of aliphatic imine (C=N–C) groups is 1. The van der Waals surface area contributed by atoms with Crippen LogP contribution >= 0.6 is 27.7 Å². The number of rotatable bonds is 2. The third-order valence-corrected chi connectivity index (χ3v) is 4.47. The van der Waals surface area contributed by atoms with Crippen LogP contribution in [0.1, 0.15) is 27.2 Å². The van der Waals surface area contributed by atoms with Crippen molar-refractivity contribution < 1.29 is 0 Å². The molecule has 0 amide bonds. The van der Waals surface area contributed by atoms with Crippen LogP contribution in [0.4, 0.5) is 5.69 Å². The largest absolute Gasteiger partial charge is 0.334 e. The van der Waals surface area contributed by atoms with Crippen molar-refractivity contribution in [3.05, 3.63) is 28.7 Å². The van der Waals surface area contributed by atoms with E-state index in [1.165, 1.54) is 6.42 Å². The van der Waals surface area contributed by atoms with Crippen molar-refractivity contribution in [3.8, 4) is 0 Å². The lowest BCUT2D eigenvalue weighted by Gasteiger charge is -2.21. The number of benzene rings is 1. The molecule has 0 saturated heterocycles. The van der Waals surface area contributed by atoms with Crippen LogP contribution in [0.3, 0.4) is 0 Å². The zero-order chi connectivity index (χ0) is 13.2. The van der Waals surface area contributed by atoms with E-state index < -0.39 is 0 Å². The van der Waals surface area contributed by atoms with E-state index in [1.807, 2.05) is 30.0 Å². The standard InChI is InChI=1S/C14H19BrN2S/c1-14(2,3)8-10-9-16-13(18-10)17-12-7-5-4-6-11(12)15/h4-7,10H,8-9H2,1-3H3,(H,16,17). The minimum absolute atomic E-state index is 0.371. The van der Waals surface area contributed by atoms with Gasteiger partial charge in [0.15, 0.2) is 5.17 Å². The van der Waals surface area contributed by atoms with Crippen molar-refractivity contribution in [2.45, 2.75) is 32.4 Å². The second kappa shape index (κ2) is 5.66. The number of nitrogens with one attached hydrogen (secondary N) is 1. The molecule has 1 aromatic rings. The van der Waals surface area contributed by atoms with Gasteiger partial charge in [0, 0.05) is 9.72 Å². The molecule has 0 aliphatic carbocycles. The summed E-state index contributed by atoms with van der Waals surface area (Å²) in [5, 5.41) is 5.04. The zero-order valence-corrected chi connectivity index (χ0v) is 13.4. The Kier molecular flexibility index (Phi) is 4.38. The Hall–Kier alpha value is -0.480. The SMILES string of the molecule is CC(C)(C)CC1CN=C(Nc2ccccc2Br)S1. The van der Waals surface area contributed by atoms with Crippen molar-refractivity contribution in [1.82, 2.24) is 0 Å². The van der Waals surface area contributed by atoms with Gasteiger partial charge in [-0.3, -0.25) is 4.99 Å². The first kappa shape index (κ1) is 13.9. The lowest BCUT2D eigenvalue weighted by atomic mass is 9.90. The molecule has 18 heavy (non-hydrogen) atoms. The van der Waals surface area contributed by atoms with E-state index in [9.17, 15) is 0 Å². The molecule has 1 unspecified atom stereocenters. The lowest BCUT2D eigenvalue weighted by Crippen LogP contribution is -2.16. The Morgan fingerprint density at radius 1 is 1.39 bits per heavy atom. The molecule has 1 atom stereocenters. The van der Waals surface area contributed by atoms with Crippen LogP contribution in [-0.2, 0) is 0 Å². The van der Waals surface area contributed by atoms with Crippen LogP contribution in [0.5, 0.6) is 0 Å². The molecule has 1 aliphatic rings. The van der Waals surface area contributed by atoms with Crippen LogP contribution < -0.4 is 5.32 Å².